The van der Waals surface area contributed by atoms with Crippen LogP contribution in [0, 0.1) is 0 Å². The van der Waals surface area contributed by atoms with Crippen molar-refractivity contribution in [3.05, 3.63) is 18.2 Å². The van der Waals surface area contributed by atoms with Gasteiger partial charge in [-0.15, -0.1) is 0 Å². The van der Waals surface area contributed by atoms with E-state index in [1.165, 1.54) is 12.8 Å². The molecule has 1 aromatic heterocycles. The maximum Gasteiger partial charge on any atom is 0.242 e. The van der Waals surface area contributed by atoms with E-state index in [2.05, 4.69) is 10.3 Å². The molecule has 0 unspecified atom stereocenters. The van der Waals surface area contributed by atoms with E-state index in [0.29, 0.717) is 38.9 Å². The summed E-state index contributed by atoms with van der Waals surface area (Å²) in [6.07, 6.45) is 6.24. The van der Waals surface area contributed by atoms with E-state index in [-0.39, 0.29) is 5.91 Å². The Kier molecular flexibility index (Phi) is 3.79. The summed E-state index contributed by atoms with van der Waals surface area (Å²) in [7, 11) is 0. The second-order valence-electron chi connectivity index (χ2n) is 5.19. The molecule has 1 N–H and O–H groups in total. The van der Waals surface area contributed by atoms with Crippen LogP contribution in [0.25, 0.3) is 0 Å². The molecular formula is C13H20N4O2. The molecule has 2 fully saturated rings. The lowest BCUT2D eigenvalue weighted by molar-refractivity contribution is -0.135. The molecule has 2 aliphatic rings. The molecule has 0 radical (unpaired) electrons. The standard InChI is InChI=1S/C13H20N4O2/c18-13(17-3-5-19-6-4-17)9-16-8-12(15-10-16)7-14-11-1-2-11/h8,10-11,14H,1-7,9H2. The molecular weight excluding hydrogens is 244 g/mol. The van der Waals surface area contributed by atoms with Crippen molar-refractivity contribution in [2.24, 2.45) is 0 Å². The second kappa shape index (κ2) is 5.71. The molecule has 1 aliphatic heterocycles. The van der Waals surface area contributed by atoms with Crippen LogP contribution >= 0.6 is 0 Å². The second-order valence-corrected chi connectivity index (χ2v) is 5.19. The smallest absolute Gasteiger partial charge is 0.242 e. The summed E-state index contributed by atoms with van der Waals surface area (Å²) in [5.74, 6) is 0.141. The van der Waals surface area contributed by atoms with E-state index in [0.717, 1.165) is 12.2 Å². The highest BCUT2D eigenvalue weighted by Gasteiger charge is 2.20. The molecule has 0 aromatic carbocycles. The van der Waals surface area contributed by atoms with Crippen LogP contribution in [0.5, 0.6) is 0 Å². The van der Waals surface area contributed by atoms with Crippen LogP contribution in [0.15, 0.2) is 12.5 Å². The largest absolute Gasteiger partial charge is 0.378 e. The molecule has 6 heteroatoms. The third-order valence-corrected chi connectivity index (χ3v) is 3.52. The number of aromatic nitrogens is 2. The minimum absolute atomic E-state index is 0.141. The Hall–Kier alpha value is -1.40. The van der Waals surface area contributed by atoms with E-state index < -0.39 is 0 Å². The molecule has 1 saturated heterocycles. The number of carbonyl (C=O) groups is 1. The minimum Gasteiger partial charge on any atom is -0.378 e. The van der Waals surface area contributed by atoms with Gasteiger partial charge in [0.15, 0.2) is 0 Å². The van der Waals surface area contributed by atoms with Crippen molar-refractivity contribution in [2.75, 3.05) is 26.3 Å². The Morgan fingerprint density at radius 2 is 2.21 bits per heavy atom. The van der Waals surface area contributed by atoms with Gasteiger partial charge in [-0.3, -0.25) is 4.79 Å². The SMILES string of the molecule is O=C(Cn1cnc(CNC2CC2)c1)N1CCOCC1. The summed E-state index contributed by atoms with van der Waals surface area (Å²) in [6.45, 7) is 3.85. The topological polar surface area (TPSA) is 59.4 Å². The third kappa shape index (κ3) is 3.54. The minimum atomic E-state index is 0.141. The van der Waals surface area contributed by atoms with Gasteiger partial charge in [-0.2, -0.15) is 0 Å². The van der Waals surface area contributed by atoms with Crippen molar-refractivity contribution in [3.63, 3.8) is 0 Å². The zero-order chi connectivity index (χ0) is 13.1. The quantitative estimate of drug-likeness (QED) is 0.813. The third-order valence-electron chi connectivity index (χ3n) is 3.52. The molecule has 104 valence electrons. The van der Waals surface area contributed by atoms with E-state index in [1.807, 2.05) is 15.7 Å². The summed E-state index contributed by atoms with van der Waals surface area (Å²) >= 11 is 0. The first-order chi connectivity index (χ1) is 9.31. The van der Waals surface area contributed by atoms with Gasteiger partial charge >= 0.3 is 0 Å². The summed E-state index contributed by atoms with van der Waals surface area (Å²) in [5, 5.41) is 3.42. The van der Waals surface area contributed by atoms with Crippen LogP contribution < -0.4 is 5.32 Å². The van der Waals surface area contributed by atoms with Gasteiger partial charge in [-0.05, 0) is 12.8 Å². The first-order valence-corrected chi connectivity index (χ1v) is 6.91. The number of hydrogen-bond donors (Lipinski definition) is 1. The summed E-state index contributed by atoms with van der Waals surface area (Å²) in [6, 6.07) is 0.681. The van der Waals surface area contributed by atoms with Crippen molar-refractivity contribution in [2.45, 2.75) is 32.0 Å². The zero-order valence-corrected chi connectivity index (χ0v) is 11.0. The number of morpholine rings is 1. The Balaban J connectivity index is 1.49. The van der Waals surface area contributed by atoms with Crippen molar-refractivity contribution in [1.29, 1.82) is 0 Å². The average molecular weight is 264 g/mol. The number of rotatable bonds is 5. The Morgan fingerprint density at radius 1 is 1.42 bits per heavy atom. The molecule has 1 amide bonds. The normalized spacial score (nSPS) is 19.7. The number of hydrogen-bond acceptors (Lipinski definition) is 4. The monoisotopic (exact) mass is 264 g/mol. The van der Waals surface area contributed by atoms with Crippen LogP contribution in [0.1, 0.15) is 18.5 Å². The molecule has 19 heavy (non-hydrogen) atoms. The predicted octanol–water partition coefficient (Wildman–Crippen LogP) is -0.00610. The van der Waals surface area contributed by atoms with Crippen LogP contribution in [0.4, 0.5) is 0 Å². The van der Waals surface area contributed by atoms with E-state index in [4.69, 9.17) is 4.74 Å². The number of nitrogens with one attached hydrogen (secondary N) is 1. The lowest BCUT2D eigenvalue weighted by Gasteiger charge is -2.26. The van der Waals surface area contributed by atoms with Crippen LogP contribution in [-0.2, 0) is 22.6 Å². The summed E-state index contributed by atoms with van der Waals surface area (Å²) in [4.78, 5) is 18.2. The van der Waals surface area contributed by atoms with Gasteiger partial charge < -0.3 is 19.5 Å². The highest BCUT2D eigenvalue weighted by Crippen LogP contribution is 2.18. The first-order valence-electron chi connectivity index (χ1n) is 6.91. The lowest BCUT2D eigenvalue weighted by atomic mass is 10.4. The molecule has 2 heterocycles. The van der Waals surface area contributed by atoms with Gasteiger partial charge in [0, 0.05) is 31.9 Å². The van der Waals surface area contributed by atoms with Gasteiger partial charge in [0.1, 0.15) is 6.54 Å². The summed E-state index contributed by atoms with van der Waals surface area (Å²) in [5.41, 5.74) is 1.00. The van der Waals surface area contributed by atoms with Gasteiger partial charge in [0.2, 0.25) is 5.91 Å². The lowest BCUT2D eigenvalue weighted by Crippen LogP contribution is -2.42. The molecule has 6 nitrogen and oxygen atoms in total. The number of ether oxygens (including phenoxy) is 1. The van der Waals surface area contributed by atoms with Gasteiger partial charge in [0.25, 0.3) is 0 Å². The maximum atomic E-state index is 12.1. The van der Waals surface area contributed by atoms with Crippen molar-refractivity contribution in [3.8, 4) is 0 Å². The zero-order valence-electron chi connectivity index (χ0n) is 11.0. The summed E-state index contributed by atoms with van der Waals surface area (Å²) < 4.78 is 7.11. The number of amides is 1. The van der Waals surface area contributed by atoms with E-state index >= 15 is 0 Å². The molecule has 3 rings (SSSR count). The molecule has 0 atom stereocenters. The Labute approximate surface area is 112 Å². The van der Waals surface area contributed by atoms with Gasteiger partial charge in [0.05, 0.1) is 25.2 Å². The van der Waals surface area contributed by atoms with Crippen LogP contribution in [-0.4, -0.2) is 52.7 Å². The van der Waals surface area contributed by atoms with E-state index in [9.17, 15) is 4.79 Å². The Bertz CT molecular complexity index is 436. The number of nitrogens with zero attached hydrogens (tertiary/aromatic N) is 3. The maximum absolute atomic E-state index is 12.1. The van der Waals surface area contributed by atoms with Gasteiger partial charge in [-0.25, -0.2) is 4.98 Å². The van der Waals surface area contributed by atoms with E-state index in [1.54, 1.807) is 6.33 Å². The van der Waals surface area contributed by atoms with Crippen molar-refractivity contribution < 1.29 is 9.53 Å². The molecule has 0 spiro atoms. The fourth-order valence-electron chi connectivity index (χ4n) is 2.19. The fraction of sp³-hybridized carbons (Fsp3) is 0.692. The van der Waals surface area contributed by atoms with Crippen LogP contribution in [0.2, 0.25) is 0 Å². The van der Waals surface area contributed by atoms with Crippen molar-refractivity contribution in [1.82, 2.24) is 19.8 Å². The Morgan fingerprint density at radius 3 is 2.95 bits per heavy atom. The molecule has 1 aliphatic carbocycles. The fourth-order valence-corrected chi connectivity index (χ4v) is 2.19. The predicted molar refractivity (Wildman–Crippen MR) is 69.5 cm³/mol. The molecule has 1 aromatic rings. The highest BCUT2D eigenvalue weighted by molar-refractivity contribution is 5.76. The highest BCUT2D eigenvalue weighted by atomic mass is 16.5. The first kappa shape index (κ1) is 12.6. The van der Waals surface area contributed by atoms with Gasteiger partial charge in [-0.1, -0.05) is 0 Å². The number of imidazole rings is 1. The van der Waals surface area contributed by atoms with Crippen molar-refractivity contribution >= 4 is 5.91 Å². The molecule has 1 saturated carbocycles. The number of carbonyl (C=O) groups excluding carboxylic acids is 1. The molecule has 0 bridgehead atoms. The van der Waals surface area contributed by atoms with Crippen LogP contribution in [0.3, 0.4) is 0 Å². The average Bonchev–Trinajstić information content (AvgIpc) is 3.17.